The van der Waals surface area contributed by atoms with E-state index in [1.165, 1.54) is 0 Å². The van der Waals surface area contributed by atoms with Crippen molar-refractivity contribution < 1.29 is 13.9 Å². The Morgan fingerprint density at radius 2 is 2.04 bits per heavy atom. The Labute approximate surface area is 148 Å². The van der Waals surface area contributed by atoms with Gasteiger partial charge in [-0.25, -0.2) is 0 Å². The summed E-state index contributed by atoms with van der Waals surface area (Å²) in [6.07, 6.45) is 0.695. The van der Waals surface area contributed by atoms with Gasteiger partial charge in [-0.3, -0.25) is 4.79 Å². The number of aryl methyl sites for hydroxylation is 1. The molecule has 1 N–H and O–H groups in total. The molecular weight excluding hydrogens is 370 g/mol. The number of amides is 1. The van der Waals surface area contributed by atoms with Gasteiger partial charge >= 0.3 is 0 Å². The van der Waals surface area contributed by atoms with E-state index in [1.54, 1.807) is 7.11 Å². The van der Waals surface area contributed by atoms with Crippen LogP contribution in [0.5, 0.6) is 5.75 Å². The molecule has 1 amide bonds. The van der Waals surface area contributed by atoms with Gasteiger partial charge in [0.15, 0.2) is 5.76 Å². The highest BCUT2D eigenvalue weighted by Crippen LogP contribution is 2.28. The van der Waals surface area contributed by atoms with Gasteiger partial charge < -0.3 is 14.5 Å². The van der Waals surface area contributed by atoms with Crippen LogP contribution >= 0.6 is 15.9 Å². The van der Waals surface area contributed by atoms with Gasteiger partial charge in [-0.05, 0) is 43.2 Å². The molecule has 0 radical (unpaired) electrons. The normalized spacial score (nSPS) is 10.8. The van der Waals surface area contributed by atoms with Crippen molar-refractivity contribution in [3.8, 4) is 5.75 Å². The zero-order valence-electron chi connectivity index (χ0n) is 13.6. The van der Waals surface area contributed by atoms with Gasteiger partial charge in [-0.1, -0.05) is 34.1 Å². The summed E-state index contributed by atoms with van der Waals surface area (Å²) < 4.78 is 12.0. The molecule has 1 aromatic heterocycles. The summed E-state index contributed by atoms with van der Waals surface area (Å²) in [4.78, 5) is 12.4. The summed E-state index contributed by atoms with van der Waals surface area (Å²) in [6.45, 7) is 2.41. The number of benzene rings is 2. The third-order valence-corrected chi connectivity index (χ3v) is 4.47. The third kappa shape index (κ3) is 3.31. The fourth-order valence-electron chi connectivity index (χ4n) is 2.71. The average molecular weight is 388 g/mol. The smallest absolute Gasteiger partial charge is 0.287 e. The number of rotatable bonds is 5. The number of halogens is 1. The summed E-state index contributed by atoms with van der Waals surface area (Å²) in [6, 6.07) is 13.5. The van der Waals surface area contributed by atoms with Gasteiger partial charge in [0.25, 0.3) is 5.91 Å². The third-order valence-electron chi connectivity index (χ3n) is 3.98. The summed E-state index contributed by atoms with van der Waals surface area (Å²) >= 11 is 3.44. The van der Waals surface area contributed by atoms with Crippen molar-refractivity contribution in [1.29, 1.82) is 0 Å². The molecular formula is C19H18BrNO3. The van der Waals surface area contributed by atoms with E-state index in [0.29, 0.717) is 24.3 Å². The molecule has 24 heavy (non-hydrogen) atoms. The van der Waals surface area contributed by atoms with Crippen LogP contribution in [-0.2, 0) is 6.42 Å². The lowest BCUT2D eigenvalue weighted by atomic mass is 10.1. The second kappa shape index (κ2) is 7.09. The fourth-order valence-corrected chi connectivity index (χ4v) is 3.07. The Morgan fingerprint density at radius 1 is 1.25 bits per heavy atom. The van der Waals surface area contributed by atoms with Gasteiger partial charge in [0.2, 0.25) is 0 Å². The quantitative estimate of drug-likeness (QED) is 0.701. The molecule has 124 valence electrons. The van der Waals surface area contributed by atoms with Crippen LogP contribution in [0.3, 0.4) is 0 Å². The maximum Gasteiger partial charge on any atom is 0.287 e. The van der Waals surface area contributed by atoms with Crippen molar-refractivity contribution in [3.05, 3.63) is 63.8 Å². The van der Waals surface area contributed by atoms with Crippen LogP contribution in [0, 0.1) is 6.92 Å². The van der Waals surface area contributed by atoms with Crippen molar-refractivity contribution in [2.75, 3.05) is 13.7 Å². The van der Waals surface area contributed by atoms with Crippen LogP contribution in [-0.4, -0.2) is 19.6 Å². The van der Waals surface area contributed by atoms with Gasteiger partial charge in [0, 0.05) is 22.0 Å². The Hall–Kier alpha value is -2.27. The van der Waals surface area contributed by atoms with Crippen LogP contribution in [0.1, 0.15) is 21.7 Å². The molecule has 0 fully saturated rings. The minimum absolute atomic E-state index is 0.199. The van der Waals surface area contributed by atoms with E-state index in [2.05, 4.69) is 21.2 Å². The van der Waals surface area contributed by atoms with E-state index in [9.17, 15) is 4.79 Å². The number of ether oxygens (including phenoxy) is 1. The first kappa shape index (κ1) is 16.6. The van der Waals surface area contributed by atoms with Crippen LogP contribution in [0.25, 0.3) is 11.0 Å². The monoisotopic (exact) mass is 387 g/mol. The van der Waals surface area contributed by atoms with Crippen molar-refractivity contribution >= 4 is 32.8 Å². The number of hydrogen-bond acceptors (Lipinski definition) is 3. The maximum absolute atomic E-state index is 12.4. The molecule has 0 aliphatic rings. The number of nitrogens with one attached hydrogen (secondary N) is 1. The summed E-state index contributed by atoms with van der Waals surface area (Å²) in [5, 5.41) is 3.86. The van der Waals surface area contributed by atoms with Gasteiger partial charge in [0.1, 0.15) is 11.3 Å². The number of carbonyl (C=O) groups is 1. The van der Waals surface area contributed by atoms with Crippen molar-refractivity contribution in [2.45, 2.75) is 13.3 Å². The van der Waals surface area contributed by atoms with E-state index in [4.69, 9.17) is 9.15 Å². The van der Waals surface area contributed by atoms with E-state index in [-0.39, 0.29) is 5.91 Å². The first-order valence-corrected chi connectivity index (χ1v) is 8.48. The number of methoxy groups -OCH3 is 1. The van der Waals surface area contributed by atoms with Gasteiger partial charge in [-0.2, -0.15) is 0 Å². The number of carbonyl (C=O) groups excluding carboxylic acids is 1. The second-order valence-corrected chi connectivity index (χ2v) is 6.43. The van der Waals surface area contributed by atoms with E-state index in [1.807, 2.05) is 49.4 Å². The van der Waals surface area contributed by atoms with Crippen LogP contribution in [0.2, 0.25) is 0 Å². The lowest BCUT2D eigenvalue weighted by Crippen LogP contribution is -2.25. The highest BCUT2D eigenvalue weighted by molar-refractivity contribution is 9.10. The fraction of sp³-hybridized carbons (Fsp3) is 0.211. The lowest BCUT2D eigenvalue weighted by molar-refractivity contribution is 0.0927. The number of hydrogen-bond donors (Lipinski definition) is 1. The number of fused-ring (bicyclic) bond motifs is 1. The summed E-state index contributed by atoms with van der Waals surface area (Å²) in [7, 11) is 1.65. The molecule has 2 aromatic carbocycles. The molecule has 3 rings (SSSR count). The molecule has 5 heteroatoms. The standard InChI is InChI=1S/C19H18BrNO3/c1-12-15-11-14(20)7-8-17(15)24-18(12)19(22)21-10-9-13-5-3-4-6-16(13)23-2/h3-8,11H,9-10H2,1-2H3,(H,21,22). The molecule has 0 aliphatic heterocycles. The first-order chi connectivity index (χ1) is 11.6. The topological polar surface area (TPSA) is 51.5 Å². The molecule has 4 nitrogen and oxygen atoms in total. The van der Waals surface area contributed by atoms with Crippen LogP contribution in [0.4, 0.5) is 0 Å². The lowest BCUT2D eigenvalue weighted by Gasteiger charge is -2.08. The van der Waals surface area contributed by atoms with Crippen molar-refractivity contribution in [1.82, 2.24) is 5.32 Å². The summed E-state index contributed by atoms with van der Waals surface area (Å²) in [5.74, 6) is 0.995. The molecule has 0 atom stereocenters. The van der Waals surface area contributed by atoms with E-state index < -0.39 is 0 Å². The molecule has 0 spiro atoms. The molecule has 3 aromatic rings. The second-order valence-electron chi connectivity index (χ2n) is 5.51. The zero-order chi connectivity index (χ0) is 17.1. The van der Waals surface area contributed by atoms with Crippen LogP contribution in [0.15, 0.2) is 51.4 Å². The Kier molecular flexibility index (Phi) is 4.90. The minimum atomic E-state index is -0.199. The molecule has 0 saturated heterocycles. The predicted octanol–water partition coefficient (Wildman–Crippen LogP) is 4.48. The highest BCUT2D eigenvalue weighted by Gasteiger charge is 2.17. The zero-order valence-corrected chi connectivity index (χ0v) is 15.1. The van der Waals surface area contributed by atoms with Crippen LogP contribution < -0.4 is 10.1 Å². The molecule has 0 unspecified atom stereocenters. The van der Waals surface area contributed by atoms with Crippen molar-refractivity contribution in [3.63, 3.8) is 0 Å². The maximum atomic E-state index is 12.4. The Morgan fingerprint density at radius 3 is 2.83 bits per heavy atom. The van der Waals surface area contributed by atoms with Gasteiger partial charge in [0.05, 0.1) is 7.11 Å². The first-order valence-electron chi connectivity index (χ1n) is 7.69. The SMILES string of the molecule is COc1ccccc1CCNC(=O)c1oc2ccc(Br)cc2c1C. The summed E-state index contributed by atoms with van der Waals surface area (Å²) in [5.41, 5.74) is 2.62. The Balaban J connectivity index is 1.70. The largest absolute Gasteiger partial charge is 0.496 e. The number of furan rings is 1. The molecule has 0 bridgehead atoms. The Bertz CT molecular complexity index is 885. The molecule has 0 saturated carbocycles. The minimum Gasteiger partial charge on any atom is -0.496 e. The van der Waals surface area contributed by atoms with E-state index >= 15 is 0 Å². The molecule has 1 heterocycles. The number of para-hydroxylation sites is 1. The average Bonchev–Trinajstić information content (AvgIpc) is 2.92. The van der Waals surface area contributed by atoms with Crippen molar-refractivity contribution in [2.24, 2.45) is 0 Å². The highest BCUT2D eigenvalue weighted by atomic mass is 79.9. The predicted molar refractivity (Wildman–Crippen MR) is 97.7 cm³/mol. The molecule has 0 aliphatic carbocycles. The van der Waals surface area contributed by atoms with Gasteiger partial charge in [-0.15, -0.1) is 0 Å². The van der Waals surface area contributed by atoms with E-state index in [0.717, 1.165) is 26.7 Å².